The smallest absolute Gasteiger partial charge is 0.248 e. The Morgan fingerprint density at radius 2 is 2.24 bits per heavy atom. The Hall–Kier alpha value is -1.39. The Kier molecular flexibility index (Phi) is 3.97. The summed E-state index contributed by atoms with van der Waals surface area (Å²) in [6, 6.07) is 6.74. The van der Waals surface area contributed by atoms with Crippen LogP contribution in [0.5, 0.6) is 0 Å². The van der Waals surface area contributed by atoms with E-state index in [4.69, 9.17) is 10.5 Å². The Balaban J connectivity index is 1.69. The largest absolute Gasteiger partial charge is 0.372 e. The number of piperidine rings is 1. The molecule has 0 saturated carbocycles. The highest BCUT2D eigenvalue weighted by atomic mass is 16.5. The topological polar surface area (TPSA) is 52.3 Å². The van der Waals surface area contributed by atoms with Gasteiger partial charge in [-0.2, -0.15) is 0 Å². The van der Waals surface area contributed by atoms with E-state index < -0.39 is 0 Å². The number of amides is 1. The fourth-order valence-electron chi connectivity index (χ4n) is 5.77. The molecule has 2 N–H and O–H groups in total. The fraction of sp³-hybridized carbons (Fsp3) is 0.667. The van der Waals surface area contributed by atoms with Crippen LogP contribution in [0.4, 0.5) is 0 Å². The zero-order valence-electron chi connectivity index (χ0n) is 15.8. The number of benzene rings is 1. The Morgan fingerprint density at radius 1 is 1.44 bits per heavy atom. The van der Waals surface area contributed by atoms with Gasteiger partial charge in [-0.05, 0) is 36.1 Å². The van der Waals surface area contributed by atoms with Crippen LogP contribution in [0, 0.1) is 5.92 Å². The molecule has 1 aromatic rings. The summed E-state index contributed by atoms with van der Waals surface area (Å²) in [4.78, 5) is 11.6. The molecule has 3 aliphatic rings. The molecule has 5 atom stereocenters. The van der Waals surface area contributed by atoms with Crippen LogP contribution in [0.15, 0.2) is 18.2 Å². The summed E-state index contributed by atoms with van der Waals surface area (Å²) in [6.07, 6.45) is 5.10. The number of ether oxygens (including phenoxy) is 1. The van der Waals surface area contributed by atoms with Gasteiger partial charge in [-0.3, -0.25) is 4.79 Å². The summed E-state index contributed by atoms with van der Waals surface area (Å²) in [5.41, 5.74) is 9.08. The summed E-state index contributed by atoms with van der Waals surface area (Å²) in [7, 11) is 2.44. The van der Waals surface area contributed by atoms with Crippen molar-refractivity contribution >= 4 is 5.91 Å². The van der Waals surface area contributed by atoms with Crippen LogP contribution in [0.25, 0.3) is 0 Å². The number of nitrogens with two attached hydrogens (primary N) is 1. The second-order valence-electron chi connectivity index (χ2n) is 8.98. The first-order chi connectivity index (χ1) is 11.8. The molecular formula is C21H31N2O2+. The van der Waals surface area contributed by atoms with E-state index in [1.54, 1.807) is 0 Å². The van der Waals surface area contributed by atoms with Gasteiger partial charge in [0.15, 0.2) is 0 Å². The van der Waals surface area contributed by atoms with Crippen LogP contribution >= 0.6 is 0 Å². The number of hydrogen-bond acceptors (Lipinski definition) is 2. The number of nitrogens with zero attached hydrogens (tertiary/aromatic N) is 1. The molecule has 2 unspecified atom stereocenters. The van der Waals surface area contributed by atoms with Crippen molar-refractivity contribution in [3.05, 3.63) is 34.9 Å². The van der Waals surface area contributed by atoms with Gasteiger partial charge in [-0.25, -0.2) is 0 Å². The standard InChI is InChI=1S/C21H30N2O2/c1-14-19-12-15-6-7-16(20(22)24)11-18(15)21(14,2)8-9-23(19,3)13-17-5-4-10-25-17/h6-7,11,14,17,19H,4-5,8-10,12-13H2,1-3H3,(H-,22,24)/p+1/t14-,17-,19+,21?,23?/m0/s1. The first-order valence-corrected chi connectivity index (χ1v) is 9.72. The molecule has 0 spiro atoms. The predicted octanol–water partition coefficient (Wildman–Crippen LogP) is 2.63. The minimum Gasteiger partial charge on any atom is -0.372 e. The number of likely N-dealkylation sites (N-methyl/N-ethyl adjacent to an activating group) is 1. The maximum Gasteiger partial charge on any atom is 0.248 e. The molecule has 4 rings (SSSR count). The Bertz CT molecular complexity index is 697. The molecule has 1 aliphatic carbocycles. The molecule has 136 valence electrons. The number of likely N-dealkylation sites (tertiary alicyclic amines) is 1. The van der Waals surface area contributed by atoms with Gasteiger partial charge in [0.25, 0.3) is 0 Å². The Labute approximate surface area is 150 Å². The number of carbonyl (C=O) groups excluding carboxylic acids is 1. The third kappa shape index (κ3) is 2.61. The summed E-state index contributed by atoms with van der Waals surface area (Å²) in [6.45, 7) is 8.06. The van der Waals surface area contributed by atoms with Gasteiger partial charge in [-0.1, -0.05) is 19.9 Å². The molecule has 25 heavy (non-hydrogen) atoms. The minimum atomic E-state index is -0.323. The molecule has 4 nitrogen and oxygen atoms in total. The van der Waals surface area contributed by atoms with E-state index >= 15 is 0 Å². The third-order valence-corrected chi connectivity index (χ3v) is 7.61. The maximum atomic E-state index is 11.6. The van der Waals surface area contributed by atoms with Crippen LogP contribution in [0.2, 0.25) is 0 Å². The van der Waals surface area contributed by atoms with E-state index in [0.717, 1.165) is 30.5 Å². The molecule has 2 saturated heterocycles. The van der Waals surface area contributed by atoms with E-state index in [0.29, 0.717) is 23.6 Å². The molecule has 0 aromatic heterocycles. The molecule has 1 aromatic carbocycles. The van der Waals surface area contributed by atoms with E-state index in [9.17, 15) is 4.79 Å². The van der Waals surface area contributed by atoms with Crippen molar-refractivity contribution in [3.8, 4) is 0 Å². The first kappa shape index (κ1) is 17.0. The lowest BCUT2D eigenvalue weighted by Crippen LogP contribution is -2.68. The van der Waals surface area contributed by atoms with Crippen LogP contribution < -0.4 is 5.73 Å². The molecule has 2 heterocycles. The summed E-state index contributed by atoms with van der Waals surface area (Å²) >= 11 is 0. The highest BCUT2D eigenvalue weighted by molar-refractivity contribution is 5.93. The average molecular weight is 343 g/mol. The quantitative estimate of drug-likeness (QED) is 0.858. The van der Waals surface area contributed by atoms with Crippen molar-refractivity contribution in [1.82, 2.24) is 0 Å². The number of rotatable bonds is 3. The normalized spacial score (nSPS) is 39.9. The van der Waals surface area contributed by atoms with Crippen LogP contribution in [-0.4, -0.2) is 49.3 Å². The lowest BCUT2D eigenvalue weighted by atomic mass is 9.58. The lowest BCUT2D eigenvalue weighted by Gasteiger charge is -2.58. The number of fused-ring (bicyclic) bond motifs is 4. The van der Waals surface area contributed by atoms with Gasteiger partial charge in [0.05, 0.1) is 19.6 Å². The average Bonchev–Trinajstić information content (AvgIpc) is 3.07. The van der Waals surface area contributed by atoms with Crippen molar-refractivity contribution in [1.29, 1.82) is 0 Å². The van der Waals surface area contributed by atoms with Crippen molar-refractivity contribution < 1.29 is 14.0 Å². The van der Waals surface area contributed by atoms with Gasteiger partial charge in [-0.15, -0.1) is 0 Å². The van der Waals surface area contributed by atoms with Crippen molar-refractivity contribution in [2.45, 2.75) is 57.1 Å². The van der Waals surface area contributed by atoms with Gasteiger partial charge in [0.1, 0.15) is 12.6 Å². The summed E-state index contributed by atoms with van der Waals surface area (Å²) < 4.78 is 7.09. The number of carbonyl (C=O) groups is 1. The van der Waals surface area contributed by atoms with Gasteiger partial charge >= 0.3 is 0 Å². The highest BCUT2D eigenvalue weighted by Crippen LogP contribution is 2.50. The zero-order valence-corrected chi connectivity index (χ0v) is 15.8. The SMILES string of the molecule is C[C@H]1[C@H]2Cc3ccc(C(N)=O)cc3C1(C)CC[N+]2(C)C[C@@H]1CCCO1. The summed E-state index contributed by atoms with van der Waals surface area (Å²) in [5.74, 6) is 0.263. The zero-order chi connectivity index (χ0) is 17.8. The van der Waals surface area contributed by atoms with Crippen molar-refractivity contribution in [3.63, 3.8) is 0 Å². The van der Waals surface area contributed by atoms with Crippen molar-refractivity contribution in [2.75, 3.05) is 26.7 Å². The lowest BCUT2D eigenvalue weighted by molar-refractivity contribution is -0.946. The van der Waals surface area contributed by atoms with Crippen molar-refractivity contribution in [2.24, 2.45) is 11.7 Å². The molecule has 4 heteroatoms. The van der Waals surface area contributed by atoms with Crippen LogP contribution in [0.3, 0.4) is 0 Å². The number of primary amides is 1. The highest BCUT2D eigenvalue weighted by Gasteiger charge is 2.55. The molecule has 2 aliphatic heterocycles. The maximum absolute atomic E-state index is 11.6. The van der Waals surface area contributed by atoms with E-state index in [1.807, 2.05) is 6.07 Å². The number of quaternary nitrogens is 1. The van der Waals surface area contributed by atoms with E-state index in [-0.39, 0.29) is 11.3 Å². The first-order valence-electron chi connectivity index (χ1n) is 9.72. The minimum absolute atomic E-state index is 0.137. The van der Waals surface area contributed by atoms with Crippen LogP contribution in [-0.2, 0) is 16.6 Å². The van der Waals surface area contributed by atoms with Crippen LogP contribution in [0.1, 0.15) is 54.6 Å². The van der Waals surface area contributed by atoms with E-state index in [1.165, 1.54) is 30.5 Å². The second-order valence-corrected chi connectivity index (χ2v) is 8.98. The Morgan fingerprint density at radius 3 is 2.92 bits per heavy atom. The number of hydrogen-bond donors (Lipinski definition) is 1. The molecule has 0 radical (unpaired) electrons. The van der Waals surface area contributed by atoms with E-state index in [2.05, 4.69) is 33.0 Å². The predicted molar refractivity (Wildman–Crippen MR) is 98.5 cm³/mol. The summed E-state index contributed by atoms with van der Waals surface area (Å²) in [5, 5.41) is 0. The van der Waals surface area contributed by atoms with Gasteiger partial charge in [0, 0.05) is 36.3 Å². The fourth-order valence-corrected chi connectivity index (χ4v) is 5.77. The molecule has 1 amide bonds. The monoisotopic (exact) mass is 343 g/mol. The molecule has 2 fully saturated rings. The van der Waals surface area contributed by atoms with Gasteiger partial charge < -0.3 is 15.0 Å². The molecule has 2 bridgehead atoms. The van der Waals surface area contributed by atoms with Gasteiger partial charge in [0.2, 0.25) is 5.91 Å². The molecular weight excluding hydrogens is 312 g/mol. The third-order valence-electron chi connectivity index (χ3n) is 7.61. The second kappa shape index (κ2) is 5.82.